The zero-order valence-corrected chi connectivity index (χ0v) is 20.2. The fourth-order valence-corrected chi connectivity index (χ4v) is 5.09. The number of hydrogen-bond acceptors (Lipinski definition) is 4. The number of carbonyl (C=O) groups is 1. The first kappa shape index (κ1) is 23.0. The standard InChI is InChI=1S/C28H30FN5O/c1-3-32(4-2)28(35)21-11-8-16-33(17-21)26-25-24(20-9-6-5-7-10-20)18-34(27(25)31-19-30-26)23-14-12-22(29)13-15-23/h5-7,9-10,12-15,18-19,21H,3-4,8,11,16-17H2,1-2H3/t21-/m0/s1. The monoisotopic (exact) mass is 471 g/mol. The molecule has 35 heavy (non-hydrogen) atoms. The molecule has 0 radical (unpaired) electrons. The van der Waals surface area contributed by atoms with Crippen LogP contribution in [0.25, 0.3) is 27.8 Å². The van der Waals surface area contributed by atoms with E-state index in [0.717, 1.165) is 66.1 Å². The molecule has 0 aliphatic carbocycles. The van der Waals surface area contributed by atoms with E-state index in [9.17, 15) is 9.18 Å². The minimum Gasteiger partial charge on any atom is -0.355 e. The van der Waals surface area contributed by atoms with Gasteiger partial charge in [-0.2, -0.15) is 0 Å². The van der Waals surface area contributed by atoms with Crippen LogP contribution in [0.3, 0.4) is 0 Å². The second-order valence-electron chi connectivity index (χ2n) is 8.95. The number of anilines is 1. The quantitative estimate of drug-likeness (QED) is 0.382. The summed E-state index contributed by atoms with van der Waals surface area (Å²) in [5.41, 5.74) is 3.66. The second-order valence-corrected chi connectivity index (χ2v) is 8.95. The van der Waals surface area contributed by atoms with Gasteiger partial charge in [0.15, 0.2) is 5.65 Å². The molecule has 1 aliphatic heterocycles. The van der Waals surface area contributed by atoms with Crippen LogP contribution in [-0.4, -0.2) is 51.5 Å². The largest absolute Gasteiger partial charge is 0.355 e. The van der Waals surface area contributed by atoms with Gasteiger partial charge in [0.2, 0.25) is 5.91 Å². The maximum atomic E-state index is 13.6. The van der Waals surface area contributed by atoms with Crippen molar-refractivity contribution in [3.8, 4) is 16.8 Å². The molecule has 180 valence electrons. The van der Waals surface area contributed by atoms with Gasteiger partial charge in [-0.05, 0) is 56.5 Å². The number of aromatic nitrogens is 3. The van der Waals surface area contributed by atoms with E-state index in [4.69, 9.17) is 4.98 Å². The molecule has 1 aliphatic rings. The van der Waals surface area contributed by atoms with Crippen molar-refractivity contribution in [3.05, 3.63) is 72.9 Å². The van der Waals surface area contributed by atoms with Crippen molar-refractivity contribution >= 4 is 22.8 Å². The summed E-state index contributed by atoms with van der Waals surface area (Å²) in [7, 11) is 0. The summed E-state index contributed by atoms with van der Waals surface area (Å²) in [6, 6.07) is 16.6. The first-order valence-corrected chi connectivity index (χ1v) is 12.3. The molecule has 0 N–H and O–H groups in total. The van der Waals surface area contributed by atoms with Crippen molar-refractivity contribution in [2.24, 2.45) is 5.92 Å². The van der Waals surface area contributed by atoms with Gasteiger partial charge >= 0.3 is 0 Å². The summed E-state index contributed by atoms with van der Waals surface area (Å²) < 4.78 is 15.6. The van der Waals surface area contributed by atoms with E-state index in [2.05, 4.69) is 22.0 Å². The van der Waals surface area contributed by atoms with Gasteiger partial charge in [0.25, 0.3) is 0 Å². The Hall–Kier alpha value is -3.74. The van der Waals surface area contributed by atoms with Crippen molar-refractivity contribution in [3.63, 3.8) is 0 Å². The molecule has 1 amide bonds. The van der Waals surface area contributed by atoms with Crippen molar-refractivity contribution < 1.29 is 9.18 Å². The van der Waals surface area contributed by atoms with Gasteiger partial charge in [-0.3, -0.25) is 4.79 Å². The minimum absolute atomic E-state index is 0.0481. The smallest absolute Gasteiger partial charge is 0.227 e. The Morgan fingerprint density at radius 2 is 1.80 bits per heavy atom. The Labute approximate surface area is 205 Å². The lowest BCUT2D eigenvalue weighted by Gasteiger charge is -2.35. The van der Waals surface area contributed by atoms with Crippen LogP contribution in [0, 0.1) is 11.7 Å². The molecule has 2 aromatic heterocycles. The SMILES string of the molecule is CCN(CC)C(=O)[C@H]1CCCN(c2ncnc3c2c(-c2ccccc2)cn3-c2ccc(F)cc2)C1. The zero-order chi connectivity index (χ0) is 24.4. The molecule has 0 bridgehead atoms. The molecule has 0 spiro atoms. The molecule has 4 aromatic rings. The number of fused-ring (bicyclic) bond motifs is 1. The molecular weight excluding hydrogens is 441 g/mol. The highest BCUT2D eigenvalue weighted by Gasteiger charge is 2.30. The first-order valence-electron chi connectivity index (χ1n) is 12.3. The lowest BCUT2D eigenvalue weighted by molar-refractivity contribution is -0.135. The summed E-state index contributed by atoms with van der Waals surface area (Å²) >= 11 is 0. The third-order valence-corrected chi connectivity index (χ3v) is 6.90. The molecule has 1 fully saturated rings. The molecule has 1 saturated heterocycles. The van der Waals surface area contributed by atoms with E-state index in [1.165, 1.54) is 12.1 Å². The van der Waals surface area contributed by atoms with Crippen LogP contribution in [-0.2, 0) is 4.79 Å². The molecule has 7 heteroatoms. The highest BCUT2D eigenvalue weighted by atomic mass is 19.1. The number of piperidine rings is 1. The van der Waals surface area contributed by atoms with Gasteiger partial charge in [-0.1, -0.05) is 30.3 Å². The minimum atomic E-state index is -0.277. The molecule has 5 rings (SSSR count). The topological polar surface area (TPSA) is 54.3 Å². The van der Waals surface area contributed by atoms with Crippen LogP contribution < -0.4 is 4.90 Å². The molecule has 6 nitrogen and oxygen atoms in total. The third-order valence-electron chi connectivity index (χ3n) is 6.90. The summed E-state index contributed by atoms with van der Waals surface area (Å²) in [6.45, 7) is 6.98. The average Bonchev–Trinajstić information content (AvgIpc) is 3.30. The summed E-state index contributed by atoms with van der Waals surface area (Å²) in [5.74, 6) is 0.734. The number of halogens is 1. The fourth-order valence-electron chi connectivity index (χ4n) is 5.09. The lowest BCUT2D eigenvalue weighted by atomic mass is 9.96. The Bertz CT molecular complexity index is 1310. The van der Waals surface area contributed by atoms with Crippen molar-refractivity contribution in [2.75, 3.05) is 31.1 Å². The fraction of sp³-hybridized carbons (Fsp3) is 0.321. The van der Waals surface area contributed by atoms with E-state index in [0.29, 0.717) is 6.54 Å². The summed E-state index contributed by atoms with van der Waals surface area (Å²) in [5, 5.41) is 0.943. The highest BCUT2D eigenvalue weighted by molar-refractivity contribution is 6.02. The molecule has 2 aromatic carbocycles. The van der Waals surface area contributed by atoms with Crippen LogP contribution in [0.4, 0.5) is 10.2 Å². The molecule has 0 unspecified atom stereocenters. The van der Waals surface area contributed by atoms with Crippen LogP contribution >= 0.6 is 0 Å². The molecule has 1 atom stereocenters. The van der Waals surface area contributed by atoms with Gasteiger partial charge in [-0.25, -0.2) is 14.4 Å². The predicted molar refractivity (Wildman–Crippen MR) is 137 cm³/mol. The van der Waals surface area contributed by atoms with Gasteiger partial charge in [0.1, 0.15) is 18.0 Å². The molecular formula is C28H30FN5O. The number of hydrogen-bond donors (Lipinski definition) is 0. The van der Waals surface area contributed by atoms with Crippen molar-refractivity contribution in [1.82, 2.24) is 19.4 Å². The summed E-state index contributed by atoms with van der Waals surface area (Å²) in [4.78, 5) is 26.7. The molecule has 0 saturated carbocycles. The Morgan fingerprint density at radius 1 is 1.06 bits per heavy atom. The van der Waals surface area contributed by atoms with Gasteiger partial charge in [-0.15, -0.1) is 0 Å². The van der Waals surface area contributed by atoms with Crippen LogP contribution in [0.5, 0.6) is 0 Å². The maximum Gasteiger partial charge on any atom is 0.227 e. The third kappa shape index (κ3) is 4.38. The van der Waals surface area contributed by atoms with Crippen molar-refractivity contribution in [1.29, 1.82) is 0 Å². The van der Waals surface area contributed by atoms with Crippen LogP contribution in [0.1, 0.15) is 26.7 Å². The zero-order valence-electron chi connectivity index (χ0n) is 20.2. The van der Waals surface area contributed by atoms with E-state index in [1.54, 1.807) is 18.5 Å². The van der Waals surface area contributed by atoms with Gasteiger partial charge in [0.05, 0.1) is 11.3 Å². The highest BCUT2D eigenvalue weighted by Crippen LogP contribution is 2.38. The number of benzene rings is 2. The number of nitrogens with zero attached hydrogens (tertiary/aromatic N) is 5. The lowest BCUT2D eigenvalue weighted by Crippen LogP contribution is -2.45. The Kier molecular flexibility index (Phi) is 6.49. The van der Waals surface area contributed by atoms with E-state index >= 15 is 0 Å². The second kappa shape index (κ2) is 9.86. The summed E-state index contributed by atoms with van der Waals surface area (Å²) in [6.07, 6.45) is 5.46. The van der Waals surface area contributed by atoms with Crippen LogP contribution in [0.15, 0.2) is 67.1 Å². The van der Waals surface area contributed by atoms with E-state index < -0.39 is 0 Å². The van der Waals surface area contributed by atoms with E-state index in [1.807, 2.05) is 47.7 Å². The number of rotatable bonds is 6. The maximum absolute atomic E-state index is 13.6. The number of amides is 1. The number of carbonyl (C=O) groups excluding carboxylic acids is 1. The predicted octanol–water partition coefficient (Wildman–Crippen LogP) is 5.31. The first-order chi connectivity index (χ1) is 17.1. The van der Waals surface area contributed by atoms with Crippen LogP contribution in [0.2, 0.25) is 0 Å². The van der Waals surface area contributed by atoms with E-state index in [-0.39, 0.29) is 17.6 Å². The van der Waals surface area contributed by atoms with Crippen molar-refractivity contribution in [2.45, 2.75) is 26.7 Å². The Morgan fingerprint density at radius 3 is 2.51 bits per heavy atom. The normalized spacial score (nSPS) is 16.0. The molecule has 3 heterocycles. The Balaban J connectivity index is 1.62. The van der Waals surface area contributed by atoms with Gasteiger partial charge in [0, 0.05) is 43.6 Å². The van der Waals surface area contributed by atoms with Gasteiger partial charge < -0.3 is 14.4 Å². The average molecular weight is 472 g/mol.